The van der Waals surface area contributed by atoms with Crippen LogP contribution in [-0.4, -0.2) is 30.4 Å². The highest BCUT2D eigenvalue weighted by molar-refractivity contribution is 7.16. The first-order valence-corrected chi connectivity index (χ1v) is 8.55. The number of carbonyl (C=O) groups is 1. The first-order valence-electron chi connectivity index (χ1n) is 7.35. The van der Waals surface area contributed by atoms with Crippen LogP contribution in [0.5, 0.6) is 0 Å². The average Bonchev–Trinajstić information content (AvgIpc) is 3.06. The van der Waals surface area contributed by atoms with Crippen molar-refractivity contribution in [1.29, 1.82) is 0 Å². The van der Waals surface area contributed by atoms with Crippen molar-refractivity contribution in [2.24, 2.45) is 5.41 Å². The summed E-state index contributed by atoms with van der Waals surface area (Å²) in [6, 6.07) is 3.92. The number of halogens is 1. The summed E-state index contributed by atoms with van der Waals surface area (Å²) in [5, 5.41) is 3.36. The van der Waals surface area contributed by atoms with E-state index in [0.29, 0.717) is 12.5 Å². The summed E-state index contributed by atoms with van der Waals surface area (Å²) in [5.74, 6) is 0.302. The first kappa shape index (κ1) is 15.8. The average molecular weight is 315 g/mol. The Morgan fingerprint density at radius 2 is 2.30 bits per heavy atom. The molecule has 1 aromatic rings. The van der Waals surface area contributed by atoms with E-state index in [-0.39, 0.29) is 5.41 Å². The van der Waals surface area contributed by atoms with Crippen LogP contribution < -0.4 is 5.32 Å². The molecule has 1 fully saturated rings. The lowest BCUT2D eigenvalue weighted by atomic mass is 9.81. The molecule has 1 N–H and O–H groups in total. The van der Waals surface area contributed by atoms with Crippen molar-refractivity contribution in [3.05, 3.63) is 21.3 Å². The molecule has 1 unspecified atom stereocenters. The van der Waals surface area contributed by atoms with Crippen molar-refractivity contribution < 1.29 is 4.79 Å². The van der Waals surface area contributed by atoms with Gasteiger partial charge in [0.25, 0.3) is 0 Å². The molecule has 1 aliphatic rings. The van der Waals surface area contributed by atoms with Crippen molar-refractivity contribution >= 4 is 28.8 Å². The normalized spacial score (nSPS) is 22.1. The second-order valence-electron chi connectivity index (χ2n) is 5.48. The number of nitrogens with zero attached hydrogens (tertiary/aromatic N) is 1. The molecule has 0 saturated carbocycles. The smallest absolute Gasteiger partial charge is 0.230 e. The van der Waals surface area contributed by atoms with Crippen molar-refractivity contribution in [1.82, 2.24) is 10.2 Å². The van der Waals surface area contributed by atoms with E-state index in [9.17, 15) is 4.79 Å². The molecule has 1 aromatic heterocycles. The Morgan fingerprint density at radius 3 is 2.80 bits per heavy atom. The Balaban J connectivity index is 2.11. The molecule has 5 heteroatoms. The predicted octanol–water partition coefficient (Wildman–Crippen LogP) is 3.53. The van der Waals surface area contributed by atoms with Gasteiger partial charge in [-0.25, -0.2) is 0 Å². The molecule has 0 bridgehead atoms. The van der Waals surface area contributed by atoms with E-state index in [1.165, 1.54) is 0 Å². The van der Waals surface area contributed by atoms with Crippen LogP contribution in [0.2, 0.25) is 4.34 Å². The van der Waals surface area contributed by atoms with Gasteiger partial charge in [-0.1, -0.05) is 24.9 Å². The minimum absolute atomic E-state index is 0.189. The molecule has 0 spiro atoms. The van der Waals surface area contributed by atoms with Crippen LogP contribution in [0.4, 0.5) is 0 Å². The molecule has 0 aromatic carbocycles. The van der Waals surface area contributed by atoms with Gasteiger partial charge in [0.1, 0.15) is 0 Å². The molecule has 2 rings (SSSR count). The molecule has 3 nitrogen and oxygen atoms in total. The van der Waals surface area contributed by atoms with Crippen LogP contribution in [0.25, 0.3) is 0 Å². The highest BCUT2D eigenvalue weighted by Crippen LogP contribution is 2.34. The molecule has 112 valence electrons. The van der Waals surface area contributed by atoms with Gasteiger partial charge in [0, 0.05) is 18.0 Å². The molecule has 1 saturated heterocycles. The van der Waals surface area contributed by atoms with Gasteiger partial charge in [-0.15, -0.1) is 11.3 Å². The van der Waals surface area contributed by atoms with Crippen LogP contribution in [0.15, 0.2) is 12.1 Å². The SMILES string of the molecule is CCCC1(C(=O)N(CC)Cc2ccc(Cl)s2)CCNC1. The fourth-order valence-corrected chi connectivity index (χ4v) is 4.12. The van der Waals surface area contributed by atoms with Gasteiger partial charge in [-0.3, -0.25) is 4.79 Å². The maximum Gasteiger partial charge on any atom is 0.230 e. The second-order valence-corrected chi connectivity index (χ2v) is 7.28. The second kappa shape index (κ2) is 6.92. The Kier molecular flexibility index (Phi) is 5.47. The third-order valence-corrected chi connectivity index (χ3v) is 5.29. The van der Waals surface area contributed by atoms with Crippen LogP contribution in [0, 0.1) is 5.41 Å². The largest absolute Gasteiger partial charge is 0.337 e. The van der Waals surface area contributed by atoms with Crippen molar-refractivity contribution in [2.75, 3.05) is 19.6 Å². The van der Waals surface area contributed by atoms with Gasteiger partial charge < -0.3 is 10.2 Å². The van der Waals surface area contributed by atoms with E-state index in [1.54, 1.807) is 11.3 Å². The fourth-order valence-electron chi connectivity index (χ4n) is 3.01. The molecule has 2 heterocycles. The summed E-state index contributed by atoms with van der Waals surface area (Å²) in [6.07, 6.45) is 2.98. The van der Waals surface area contributed by atoms with E-state index in [0.717, 1.165) is 48.1 Å². The number of amides is 1. The number of thiophene rings is 1. The van der Waals surface area contributed by atoms with E-state index >= 15 is 0 Å². The topological polar surface area (TPSA) is 32.3 Å². The Bertz CT molecular complexity index is 454. The summed E-state index contributed by atoms with van der Waals surface area (Å²) in [4.78, 5) is 16.1. The van der Waals surface area contributed by atoms with Crippen molar-refractivity contribution in [2.45, 2.75) is 39.7 Å². The molecule has 20 heavy (non-hydrogen) atoms. The number of hydrogen-bond donors (Lipinski definition) is 1. The number of rotatable bonds is 6. The molecule has 0 aliphatic carbocycles. The minimum atomic E-state index is -0.189. The van der Waals surface area contributed by atoms with E-state index in [2.05, 4.69) is 19.2 Å². The third kappa shape index (κ3) is 3.35. The lowest BCUT2D eigenvalue weighted by Crippen LogP contribution is -2.44. The summed E-state index contributed by atoms with van der Waals surface area (Å²) < 4.78 is 0.786. The monoisotopic (exact) mass is 314 g/mol. The molecule has 1 aliphatic heterocycles. The molecular weight excluding hydrogens is 292 g/mol. The van der Waals surface area contributed by atoms with Crippen LogP contribution in [0.3, 0.4) is 0 Å². The van der Waals surface area contributed by atoms with Gasteiger partial charge in [0.05, 0.1) is 16.3 Å². The predicted molar refractivity (Wildman–Crippen MR) is 85.2 cm³/mol. The lowest BCUT2D eigenvalue weighted by Gasteiger charge is -2.33. The molecule has 0 radical (unpaired) electrons. The van der Waals surface area contributed by atoms with Gasteiger partial charge >= 0.3 is 0 Å². The quantitative estimate of drug-likeness (QED) is 0.871. The number of nitrogens with one attached hydrogen (secondary N) is 1. The number of carbonyl (C=O) groups excluding carboxylic acids is 1. The van der Waals surface area contributed by atoms with E-state index in [1.807, 2.05) is 17.0 Å². The standard InChI is InChI=1S/C15H23ClN2OS/c1-3-7-15(8-9-17-11-15)14(19)18(4-2)10-12-5-6-13(16)20-12/h5-6,17H,3-4,7-11H2,1-2H3. The van der Waals surface area contributed by atoms with E-state index < -0.39 is 0 Å². The van der Waals surface area contributed by atoms with Gasteiger partial charge in [0.15, 0.2) is 0 Å². The van der Waals surface area contributed by atoms with Crippen molar-refractivity contribution in [3.63, 3.8) is 0 Å². The first-order chi connectivity index (χ1) is 9.61. The summed E-state index contributed by atoms with van der Waals surface area (Å²) in [7, 11) is 0. The highest BCUT2D eigenvalue weighted by atomic mass is 35.5. The van der Waals surface area contributed by atoms with Crippen LogP contribution >= 0.6 is 22.9 Å². The Morgan fingerprint density at radius 1 is 1.50 bits per heavy atom. The summed E-state index contributed by atoms with van der Waals surface area (Å²) in [6.45, 7) is 7.41. The zero-order valence-electron chi connectivity index (χ0n) is 12.2. The molecule has 1 amide bonds. The third-order valence-electron chi connectivity index (χ3n) is 4.07. The van der Waals surface area contributed by atoms with Crippen LogP contribution in [0.1, 0.15) is 38.0 Å². The van der Waals surface area contributed by atoms with Gasteiger partial charge in [0.2, 0.25) is 5.91 Å². The van der Waals surface area contributed by atoms with Gasteiger partial charge in [-0.2, -0.15) is 0 Å². The highest BCUT2D eigenvalue weighted by Gasteiger charge is 2.42. The van der Waals surface area contributed by atoms with E-state index in [4.69, 9.17) is 11.6 Å². The Hall–Kier alpha value is -0.580. The van der Waals surface area contributed by atoms with Crippen molar-refractivity contribution in [3.8, 4) is 0 Å². The zero-order valence-corrected chi connectivity index (χ0v) is 13.8. The molecule has 1 atom stereocenters. The summed E-state index contributed by atoms with van der Waals surface area (Å²) >= 11 is 7.54. The summed E-state index contributed by atoms with van der Waals surface area (Å²) in [5.41, 5.74) is -0.189. The zero-order chi connectivity index (χ0) is 14.6. The minimum Gasteiger partial charge on any atom is -0.337 e. The fraction of sp³-hybridized carbons (Fsp3) is 0.667. The Labute approximate surface area is 130 Å². The van der Waals surface area contributed by atoms with Gasteiger partial charge in [-0.05, 0) is 38.4 Å². The number of hydrogen-bond acceptors (Lipinski definition) is 3. The van der Waals surface area contributed by atoms with Crippen LogP contribution in [-0.2, 0) is 11.3 Å². The maximum absolute atomic E-state index is 13.0. The molecular formula is C15H23ClN2OS. The maximum atomic E-state index is 13.0. The lowest BCUT2D eigenvalue weighted by molar-refractivity contribution is -0.142.